The number of hydrogen-bond acceptors (Lipinski definition) is 3. The van der Waals surface area contributed by atoms with Gasteiger partial charge in [0.25, 0.3) is 0 Å². The van der Waals surface area contributed by atoms with Crippen LogP contribution in [0.5, 0.6) is 0 Å². The molecule has 0 saturated heterocycles. The lowest BCUT2D eigenvalue weighted by Crippen LogP contribution is -2.21. The minimum Gasteiger partial charge on any atom is -0.330 e. The molecule has 72 valence electrons. The molecular formula is C8H13ClN4. The third-order valence-electron chi connectivity index (χ3n) is 2.46. The Morgan fingerprint density at radius 3 is 3.23 bits per heavy atom. The lowest BCUT2D eigenvalue weighted by atomic mass is 10.0. The fourth-order valence-electron chi connectivity index (χ4n) is 1.87. The van der Waals surface area contributed by atoms with Gasteiger partial charge in [0.2, 0.25) is 5.28 Å². The van der Waals surface area contributed by atoms with Crippen LogP contribution in [-0.2, 0) is 6.42 Å². The van der Waals surface area contributed by atoms with E-state index in [1.165, 1.54) is 6.42 Å². The zero-order valence-electron chi connectivity index (χ0n) is 7.41. The van der Waals surface area contributed by atoms with Gasteiger partial charge in [-0.05, 0) is 37.4 Å². The topological polar surface area (TPSA) is 56.7 Å². The summed E-state index contributed by atoms with van der Waals surface area (Å²) in [4.78, 5) is 4.16. The Morgan fingerprint density at radius 1 is 1.62 bits per heavy atom. The number of nitrogens with zero attached hydrogens (tertiary/aromatic N) is 3. The molecule has 2 heterocycles. The minimum atomic E-state index is 0.360. The summed E-state index contributed by atoms with van der Waals surface area (Å²) in [6.07, 6.45) is 4.26. The number of aryl methyl sites for hydroxylation is 1. The lowest BCUT2D eigenvalue weighted by molar-refractivity contribution is 0.346. The molecule has 0 bridgehead atoms. The van der Waals surface area contributed by atoms with Crippen LogP contribution in [0.3, 0.4) is 0 Å². The Labute approximate surface area is 82.1 Å². The zero-order chi connectivity index (χ0) is 9.26. The molecule has 0 aliphatic carbocycles. The second-order valence-electron chi connectivity index (χ2n) is 3.37. The monoisotopic (exact) mass is 200 g/mol. The Bertz CT molecular complexity index is 296. The highest BCUT2D eigenvalue weighted by molar-refractivity contribution is 6.28. The van der Waals surface area contributed by atoms with Crippen LogP contribution in [0.15, 0.2) is 0 Å². The van der Waals surface area contributed by atoms with Crippen molar-refractivity contribution in [2.75, 3.05) is 6.54 Å². The van der Waals surface area contributed by atoms with E-state index in [2.05, 4.69) is 10.1 Å². The van der Waals surface area contributed by atoms with E-state index in [1.54, 1.807) is 0 Å². The molecule has 5 heteroatoms. The quantitative estimate of drug-likeness (QED) is 0.780. The largest absolute Gasteiger partial charge is 0.330 e. The van der Waals surface area contributed by atoms with Gasteiger partial charge in [0.05, 0.1) is 6.04 Å². The van der Waals surface area contributed by atoms with Crippen LogP contribution < -0.4 is 5.73 Å². The Hall–Kier alpha value is -0.610. The molecule has 0 aromatic carbocycles. The summed E-state index contributed by atoms with van der Waals surface area (Å²) in [6, 6.07) is 0.411. The van der Waals surface area contributed by atoms with Gasteiger partial charge >= 0.3 is 0 Å². The Morgan fingerprint density at radius 2 is 2.46 bits per heavy atom. The van der Waals surface area contributed by atoms with Crippen molar-refractivity contribution in [1.82, 2.24) is 14.8 Å². The van der Waals surface area contributed by atoms with E-state index in [0.29, 0.717) is 17.9 Å². The van der Waals surface area contributed by atoms with Crippen molar-refractivity contribution >= 4 is 11.6 Å². The summed E-state index contributed by atoms with van der Waals surface area (Å²) in [6.45, 7) is 0.696. The summed E-state index contributed by atoms with van der Waals surface area (Å²) < 4.78 is 1.94. The molecule has 4 nitrogen and oxygen atoms in total. The second-order valence-corrected chi connectivity index (χ2v) is 3.70. The first-order valence-electron chi connectivity index (χ1n) is 4.62. The number of aromatic nitrogens is 3. The summed E-state index contributed by atoms with van der Waals surface area (Å²) in [5.41, 5.74) is 5.53. The van der Waals surface area contributed by atoms with Crippen LogP contribution in [0.1, 0.15) is 31.1 Å². The summed E-state index contributed by atoms with van der Waals surface area (Å²) in [7, 11) is 0. The van der Waals surface area contributed by atoms with Crippen molar-refractivity contribution in [3.8, 4) is 0 Å². The summed E-state index contributed by atoms with van der Waals surface area (Å²) in [5, 5.41) is 4.53. The first kappa shape index (κ1) is 8.97. The van der Waals surface area contributed by atoms with Gasteiger partial charge in [-0.15, -0.1) is 5.10 Å². The SMILES string of the molecule is NCCC1CCCc2nc(Cl)nn21. The van der Waals surface area contributed by atoms with E-state index in [9.17, 15) is 0 Å². The van der Waals surface area contributed by atoms with Gasteiger partial charge in [0.1, 0.15) is 5.82 Å². The number of fused-ring (bicyclic) bond motifs is 1. The first-order chi connectivity index (χ1) is 6.31. The lowest BCUT2D eigenvalue weighted by Gasteiger charge is -2.22. The van der Waals surface area contributed by atoms with Crippen molar-refractivity contribution in [2.24, 2.45) is 5.73 Å². The van der Waals surface area contributed by atoms with Crippen LogP contribution >= 0.6 is 11.6 Å². The van der Waals surface area contributed by atoms with E-state index in [0.717, 1.165) is 25.1 Å². The van der Waals surface area contributed by atoms with E-state index >= 15 is 0 Å². The molecule has 0 saturated carbocycles. The van der Waals surface area contributed by atoms with Crippen LogP contribution in [0.25, 0.3) is 0 Å². The number of rotatable bonds is 2. The number of nitrogens with two attached hydrogens (primary N) is 1. The smallest absolute Gasteiger partial charge is 0.242 e. The Kier molecular flexibility index (Phi) is 2.51. The third-order valence-corrected chi connectivity index (χ3v) is 2.62. The number of hydrogen-bond donors (Lipinski definition) is 1. The molecule has 0 fully saturated rings. The molecule has 0 spiro atoms. The first-order valence-corrected chi connectivity index (χ1v) is 5.00. The van der Waals surface area contributed by atoms with E-state index in [4.69, 9.17) is 17.3 Å². The van der Waals surface area contributed by atoms with E-state index in [-0.39, 0.29) is 0 Å². The molecule has 0 amide bonds. The van der Waals surface area contributed by atoms with Crippen LogP contribution in [0.4, 0.5) is 0 Å². The standard InChI is InChI=1S/C8H13ClN4/c9-8-11-7-3-1-2-6(4-5-10)13(7)12-8/h6H,1-5,10H2. The van der Waals surface area contributed by atoms with Crippen molar-refractivity contribution in [3.63, 3.8) is 0 Å². The maximum atomic E-state index is 5.74. The van der Waals surface area contributed by atoms with Crippen molar-refractivity contribution in [3.05, 3.63) is 11.1 Å². The van der Waals surface area contributed by atoms with Crippen molar-refractivity contribution in [1.29, 1.82) is 0 Å². The highest BCUT2D eigenvalue weighted by Crippen LogP contribution is 2.25. The van der Waals surface area contributed by atoms with Gasteiger partial charge in [-0.3, -0.25) is 0 Å². The molecule has 1 atom stereocenters. The average Bonchev–Trinajstić information content (AvgIpc) is 2.47. The van der Waals surface area contributed by atoms with Crippen LogP contribution in [0.2, 0.25) is 5.28 Å². The van der Waals surface area contributed by atoms with E-state index < -0.39 is 0 Å². The van der Waals surface area contributed by atoms with Crippen molar-refractivity contribution < 1.29 is 0 Å². The predicted octanol–water partition coefficient (Wildman–Crippen LogP) is 1.16. The van der Waals surface area contributed by atoms with Gasteiger partial charge in [-0.1, -0.05) is 0 Å². The molecule has 0 radical (unpaired) electrons. The summed E-state index contributed by atoms with van der Waals surface area (Å²) in [5.74, 6) is 1.01. The molecule has 1 aromatic heterocycles. The summed E-state index contributed by atoms with van der Waals surface area (Å²) >= 11 is 5.74. The molecule has 1 aliphatic heterocycles. The maximum absolute atomic E-state index is 5.74. The molecule has 1 aliphatic rings. The number of halogens is 1. The molecule has 13 heavy (non-hydrogen) atoms. The van der Waals surface area contributed by atoms with Gasteiger partial charge in [-0.2, -0.15) is 0 Å². The molecule has 2 rings (SSSR count). The second kappa shape index (κ2) is 3.64. The predicted molar refractivity (Wildman–Crippen MR) is 50.7 cm³/mol. The van der Waals surface area contributed by atoms with Gasteiger partial charge in [0.15, 0.2) is 0 Å². The Balaban J connectivity index is 2.25. The highest BCUT2D eigenvalue weighted by Gasteiger charge is 2.21. The molecule has 1 aromatic rings. The fraction of sp³-hybridized carbons (Fsp3) is 0.750. The fourth-order valence-corrected chi connectivity index (χ4v) is 2.05. The van der Waals surface area contributed by atoms with Gasteiger partial charge in [0, 0.05) is 6.42 Å². The van der Waals surface area contributed by atoms with Gasteiger partial charge < -0.3 is 5.73 Å². The van der Waals surface area contributed by atoms with Crippen LogP contribution in [0, 0.1) is 0 Å². The van der Waals surface area contributed by atoms with Crippen LogP contribution in [-0.4, -0.2) is 21.3 Å². The molecular weight excluding hydrogens is 188 g/mol. The van der Waals surface area contributed by atoms with Gasteiger partial charge in [-0.25, -0.2) is 9.67 Å². The van der Waals surface area contributed by atoms with Crippen molar-refractivity contribution in [2.45, 2.75) is 31.7 Å². The molecule has 2 N–H and O–H groups in total. The van der Waals surface area contributed by atoms with E-state index in [1.807, 2.05) is 4.68 Å². The third kappa shape index (κ3) is 1.69. The normalized spacial score (nSPS) is 21.5. The highest BCUT2D eigenvalue weighted by atomic mass is 35.5. The minimum absolute atomic E-state index is 0.360. The maximum Gasteiger partial charge on any atom is 0.242 e. The zero-order valence-corrected chi connectivity index (χ0v) is 8.17. The molecule has 1 unspecified atom stereocenters. The average molecular weight is 201 g/mol.